The zero-order valence-electron chi connectivity index (χ0n) is 14.4. The predicted molar refractivity (Wildman–Crippen MR) is 84.4 cm³/mol. The largest absolute Gasteiger partial charge is 1.00 e. The molecular weight excluding hydrogens is 294 g/mol. The summed E-state index contributed by atoms with van der Waals surface area (Å²) in [4.78, 5) is 0. The average molecular weight is 328 g/mol. The van der Waals surface area contributed by atoms with Gasteiger partial charge in [0.1, 0.15) is 0 Å². The van der Waals surface area contributed by atoms with E-state index >= 15 is 0 Å². The molecule has 0 aromatic heterocycles. The second kappa shape index (κ2) is 5.63. The molecule has 4 rings (SSSR count). The summed E-state index contributed by atoms with van der Waals surface area (Å²) in [5, 5.41) is 10.1. The van der Waals surface area contributed by atoms with E-state index in [9.17, 15) is 5.11 Å². The van der Waals surface area contributed by atoms with Crippen LogP contribution in [0.4, 0.5) is 0 Å². The molecule has 0 amide bonds. The van der Waals surface area contributed by atoms with E-state index in [4.69, 9.17) is 0 Å². The van der Waals surface area contributed by atoms with Gasteiger partial charge in [-0.15, -0.1) is 0 Å². The van der Waals surface area contributed by atoms with E-state index in [0.717, 1.165) is 36.5 Å². The molecule has 0 saturated heterocycles. The van der Waals surface area contributed by atoms with E-state index in [1.165, 1.54) is 44.9 Å². The van der Waals surface area contributed by atoms with Crippen LogP contribution in [-0.2, 0) is 0 Å². The maximum atomic E-state index is 10.1. The molecule has 0 aromatic carbocycles. The lowest BCUT2D eigenvalue weighted by atomic mass is 9.45. The lowest BCUT2D eigenvalue weighted by Gasteiger charge is -2.60. The topological polar surface area (TPSA) is 47.9 Å². The van der Waals surface area contributed by atoms with Gasteiger partial charge in [0.25, 0.3) is 0 Å². The van der Waals surface area contributed by atoms with Gasteiger partial charge in [0.2, 0.25) is 0 Å². The summed E-state index contributed by atoms with van der Waals surface area (Å²) >= 11 is 0. The molecule has 8 atom stereocenters. The van der Waals surface area contributed by atoms with Crippen molar-refractivity contribution in [3.05, 3.63) is 0 Å². The smallest absolute Gasteiger partial charge is 0.0900 e. The van der Waals surface area contributed by atoms with E-state index in [0.29, 0.717) is 16.9 Å². The van der Waals surface area contributed by atoms with Crippen LogP contribution < -0.4 is 18.1 Å². The minimum absolute atomic E-state index is 0. The summed E-state index contributed by atoms with van der Waals surface area (Å²) in [5.41, 5.74) is 5.58. The first-order valence-corrected chi connectivity index (χ1v) is 9.46. The minimum Gasteiger partial charge on any atom is -1.00 e. The third-order valence-electron chi connectivity index (χ3n) is 8.83. The maximum Gasteiger partial charge on any atom is 0.0900 e. The Morgan fingerprint density at radius 1 is 0.864 bits per heavy atom. The van der Waals surface area contributed by atoms with Gasteiger partial charge in [0.05, 0.1) is 12.1 Å². The van der Waals surface area contributed by atoms with Gasteiger partial charge >= 0.3 is 0 Å². The maximum absolute atomic E-state index is 10.1. The van der Waals surface area contributed by atoms with Crippen LogP contribution in [0.3, 0.4) is 0 Å². The molecule has 0 aliphatic heterocycles. The summed E-state index contributed by atoms with van der Waals surface area (Å²) in [7, 11) is 0. The van der Waals surface area contributed by atoms with Gasteiger partial charge in [0, 0.05) is 11.8 Å². The fraction of sp³-hybridized carbons (Fsp3) is 1.00. The second-order valence-electron chi connectivity index (χ2n) is 9.40. The Hall–Kier alpha value is 0.210. The van der Waals surface area contributed by atoms with Crippen molar-refractivity contribution in [2.24, 2.45) is 34.5 Å². The summed E-state index contributed by atoms with van der Waals surface area (Å²) in [6, 6.07) is 0.696. The molecule has 4 N–H and O–H groups in total. The highest BCUT2D eigenvalue weighted by atomic mass is 35.5. The average Bonchev–Trinajstić information content (AvgIpc) is 2.76. The first-order valence-electron chi connectivity index (χ1n) is 9.46. The fourth-order valence-corrected chi connectivity index (χ4v) is 7.34. The van der Waals surface area contributed by atoms with Gasteiger partial charge in [-0.05, 0) is 80.5 Å². The highest BCUT2D eigenvalue weighted by Crippen LogP contribution is 2.65. The highest BCUT2D eigenvalue weighted by molar-refractivity contribution is 5.09. The first kappa shape index (κ1) is 17.0. The normalized spacial score (nSPS) is 57.3. The van der Waals surface area contributed by atoms with Crippen LogP contribution in [0.25, 0.3) is 0 Å². The van der Waals surface area contributed by atoms with Gasteiger partial charge in [-0.1, -0.05) is 13.8 Å². The Kier molecular flexibility index (Phi) is 4.37. The van der Waals surface area contributed by atoms with Crippen LogP contribution in [0.15, 0.2) is 0 Å². The third-order valence-corrected chi connectivity index (χ3v) is 8.83. The third kappa shape index (κ3) is 2.20. The number of aliphatic hydroxyl groups excluding tert-OH is 1. The van der Waals surface area contributed by atoms with Crippen LogP contribution in [0.5, 0.6) is 0 Å². The Balaban J connectivity index is 0.00000144. The van der Waals surface area contributed by atoms with Crippen LogP contribution in [0.1, 0.15) is 71.6 Å². The second-order valence-corrected chi connectivity index (χ2v) is 9.40. The molecule has 3 heteroatoms. The quantitative estimate of drug-likeness (QED) is 0.647. The van der Waals surface area contributed by atoms with Crippen molar-refractivity contribution >= 4 is 0 Å². The molecule has 128 valence electrons. The monoisotopic (exact) mass is 327 g/mol. The van der Waals surface area contributed by atoms with E-state index in [1.807, 2.05) is 0 Å². The molecule has 0 heterocycles. The number of rotatable bonds is 0. The molecule has 4 saturated carbocycles. The molecular formula is C19H34ClNO. The van der Waals surface area contributed by atoms with Crippen molar-refractivity contribution in [3.8, 4) is 0 Å². The molecule has 0 radical (unpaired) electrons. The number of fused-ring (bicyclic) bond motifs is 5. The number of aliphatic hydroxyl groups is 1. The zero-order chi connectivity index (χ0) is 14.8. The molecule has 0 aromatic rings. The van der Waals surface area contributed by atoms with Crippen molar-refractivity contribution in [1.82, 2.24) is 0 Å². The van der Waals surface area contributed by atoms with Crippen molar-refractivity contribution in [1.29, 1.82) is 0 Å². The van der Waals surface area contributed by atoms with E-state index in [2.05, 4.69) is 19.6 Å². The first-order chi connectivity index (χ1) is 9.95. The van der Waals surface area contributed by atoms with Crippen molar-refractivity contribution < 1.29 is 23.2 Å². The molecule has 22 heavy (non-hydrogen) atoms. The number of hydrogen-bond donors (Lipinski definition) is 2. The molecule has 4 aliphatic rings. The molecule has 0 bridgehead atoms. The van der Waals surface area contributed by atoms with Gasteiger partial charge in [0.15, 0.2) is 0 Å². The van der Waals surface area contributed by atoms with Crippen molar-refractivity contribution in [2.45, 2.75) is 83.8 Å². The predicted octanol–water partition coefficient (Wildman–Crippen LogP) is 0.00450. The Bertz CT molecular complexity index is 430. The summed E-state index contributed by atoms with van der Waals surface area (Å²) < 4.78 is 0. The lowest BCUT2D eigenvalue weighted by molar-refractivity contribution is -0.445. The minimum atomic E-state index is -0.0100. The number of hydrogen-bond acceptors (Lipinski definition) is 1. The van der Waals surface area contributed by atoms with E-state index in [-0.39, 0.29) is 18.5 Å². The Morgan fingerprint density at radius 3 is 2.32 bits per heavy atom. The van der Waals surface area contributed by atoms with Crippen LogP contribution in [0, 0.1) is 34.5 Å². The summed E-state index contributed by atoms with van der Waals surface area (Å²) in [6.07, 6.45) is 11.9. The Labute approximate surface area is 142 Å². The van der Waals surface area contributed by atoms with Crippen molar-refractivity contribution in [3.63, 3.8) is 0 Å². The molecule has 0 spiro atoms. The summed E-state index contributed by atoms with van der Waals surface area (Å²) in [5.74, 6) is 3.64. The van der Waals surface area contributed by atoms with Crippen LogP contribution in [0.2, 0.25) is 0 Å². The van der Waals surface area contributed by atoms with Crippen molar-refractivity contribution in [2.75, 3.05) is 0 Å². The van der Waals surface area contributed by atoms with E-state index < -0.39 is 0 Å². The highest BCUT2D eigenvalue weighted by Gasteiger charge is 2.60. The molecule has 4 fully saturated rings. The fourth-order valence-electron chi connectivity index (χ4n) is 7.34. The van der Waals surface area contributed by atoms with Gasteiger partial charge in [-0.25, -0.2) is 0 Å². The Morgan fingerprint density at radius 2 is 1.55 bits per heavy atom. The number of halogens is 1. The van der Waals surface area contributed by atoms with E-state index in [1.54, 1.807) is 0 Å². The lowest BCUT2D eigenvalue weighted by Crippen LogP contribution is -3.00. The SMILES string of the molecule is CC12CC[C@@H](O)C[C@@H]1CCC1C2CCC2(C)C1CC[C@H]2[NH3+].[Cl-]. The standard InChI is InChI=1S/C19H33NO.ClH/c1-18-9-7-13(21)11-12(18)3-4-14-15-5-6-17(20)19(15,2)10-8-16(14)18;/h12-17,21H,3-11,20H2,1-2H3;1H/t12-,13+,14?,15?,16?,17+,18?,19?;/m0./s1. The van der Waals surface area contributed by atoms with Gasteiger partial charge in [-0.3, -0.25) is 0 Å². The molecule has 5 unspecified atom stereocenters. The van der Waals surface area contributed by atoms with Gasteiger partial charge < -0.3 is 23.2 Å². The summed E-state index contributed by atoms with van der Waals surface area (Å²) in [6.45, 7) is 5.14. The molecule has 4 aliphatic carbocycles. The van der Waals surface area contributed by atoms with Crippen LogP contribution >= 0.6 is 0 Å². The van der Waals surface area contributed by atoms with Crippen LogP contribution in [-0.4, -0.2) is 17.3 Å². The molecule has 2 nitrogen and oxygen atoms in total. The van der Waals surface area contributed by atoms with Gasteiger partial charge in [-0.2, -0.15) is 0 Å². The number of quaternary nitrogens is 1. The zero-order valence-corrected chi connectivity index (χ0v) is 15.1.